The molecule has 1 aromatic rings. The number of halogens is 1. The number of hydrogen-bond acceptors (Lipinski definition) is 6. The molecule has 136 valence electrons. The zero-order valence-corrected chi connectivity index (χ0v) is 16.7. The molecule has 24 heavy (non-hydrogen) atoms. The molecule has 0 radical (unpaired) electrons. The van der Waals surface area contributed by atoms with E-state index in [1.54, 1.807) is 27.7 Å². The van der Waals surface area contributed by atoms with Crippen LogP contribution in [0.2, 0.25) is 0 Å². The monoisotopic (exact) mass is 422 g/mol. The molecule has 0 saturated heterocycles. The van der Waals surface area contributed by atoms with Crippen molar-refractivity contribution < 1.29 is 17.9 Å². The fourth-order valence-electron chi connectivity index (χ4n) is 1.63. The van der Waals surface area contributed by atoms with Crippen LogP contribution in [0, 0.1) is 0 Å². The summed E-state index contributed by atoms with van der Waals surface area (Å²) in [5, 5.41) is 0.945. The number of rotatable bonds is 5. The van der Waals surface area contributed by atoms with Gasteiger partial charge in [-0.05, 0) is 56.1 Å². The molecule has 8 nitrogen and oxygen atoms in total. The van der Waals surface area contributed by atoms with Crippen molar-refractivity contribution in [3.05, 3.63) is 16.7 Å². The predicted octanol–water partition coefficient (Wildman–Crippen LogP) is 2.66. The summed E-state index contributed by atoms with van der Waals surface area (Å²) in [6, 6.07) is 0.894. The van der Waals surface area contributed by atoms with Crippen LogP contribution in [0.3, 0.4) is 0 Å². The molecule has 1 heterocycles. The summed E-state index contributed by atoms with van der Waals surface area (Å²) in [4.78, 5) is 18.2. The fourth-order valence-corrected chi connectivity index (χ4v) is 3.33. The summed E-state index contributed by atoms with van der Waals surface area (Å²) in [6.07, 6.45) is 1.12. The van der Waals surface area contributed by atoms with Crippen molar-refractivity contribution in [1.29, 1.82) is 0 Å². The van der Waals surface area contributed by atoms with E-state index in [4.69, 9.17) is 10.5 Å². The lowest BCUT2D eigenvalue weighted by Gasteiger charge is -2.31. The lowest BCUT2D eigenvalue weighted by Crippen LogP contribution is -2.52. The average molecular weight is 423 g/mol. The number of sulfonamides is 1. The summed E-state index contributed by atoms with van der Waals surface area (Å²) in [7, 11) is -4.11. The van der Waals surface area contributed by atoms with Crippen LogP contribution in [-0.2, 0) is 14.8 Å². The topological polar surface area (TPSA) is 115 Å². The fraction of sp³-hybridized carbons (Fsp3) is 0.571. The minimum absolute atomic E-state index is 0.168. The molecule has 0 aliphatic heterocycles. The molecule has 0 saturated carbocycles. The molecule has 10 heteroatoms. The summed E-state index contributed by atoms with van der Waals surface area (Å²) in [6.45, 7) is 8.62. The number of nitrogens with zero attached hydrogens (tertiary/aromatic N) is 2. The smallest absolute Gasteiger partial charge is 0.425 e. The van der Waals surface area contributed by atoms with E-state index in [-0.39, 0.29) is 10.7 Å². The van der Waals surface area contributed by atoms with Crippen molar-refractivity contribution in [3.8, 4) is 0 Å². The molecular weight excluding hydrogens is 400 g/mol. The third-order valence-corrected chi connectivity index (χ3v) is 4.75. The standard InChI is InChI=1S/C14H23BrN4O4S/c1-6-9(2)19(13(20)23-14(3,4)5)18-24(21,22)11-7-10(15)8-17-12(11)16/h7-9,18H,6H2,1-5H3,(H2,16,17). The average Bonchev–Trinajstić information content (AvgIpc) is 2.44. The number of nitrogen functional groups attached to an aromatic ring is 1. The Morgan fingerprint density at radius 3 is 2.58 bits per heavy atom. The number of amides is 1. The molecule has 1 aromatic heterocycles. The molecule has 1 amide bonds. The van der Waals surface area contributed by atoms with E-state index in [9.17, 15) is 13.2 Å². The van der Waals surface area contributed by atoms with Crippen LogP contribution in [0.1, 0.15) is 41.0 Å². The number of hydrazine groups is 1. The first kappa shape index (κ1) is 20.7. The molecule has 0 bridgehead atoms. The highest BCUT2D eigenvalue weighted by atomic mass is 79.9. The number of hydrogen-bond donors (Lipinski definition) is 2. The third-order valence-electron chi connectivity index (χ3n) is 2.98. The van der Waals surface area contributed by atoms with Gasteiger partial charge in [0.15, 0.2) is 0 Å². The van der Waals surface area contributed by atoms with Gasteiger partial charge in [0.25, 0.3) is 10.0 Å². The van der Waals surface area contributed by atoms with E-state index in [0.717, 1.165) is 5.01 Å². The minimum atomic E-state index is -4.11. The number of carbonyl (C=O) groups is 1. The van der Waals surface area contributed by atoms with Gasteiger partial charge in [-0.2, -0.15) is 0 Å². The normalized spacial score (nSPS) is 13.4. The summed E-state index contributed by atoms with van der Waals surface area (Å²) >= 11 is 3.15. The van der Waals surface area contributed by atoms with Crippen molar-refractivity contribution in [2.75, 3.05) is 5.73 Å². The van der Waals surface area contributed by atoms with Crippen molar-refractivity contribution in [1.82, 2.24) is 14.8 Å². The first-order chi connectivity index (χ1) is 10.9. The number of carbonyl (C=O) groups excluding carboxylic acids is 1. The SMILES string of the molecule is CCC(C)N(NS(=O)(=O)c1cc(Br)cnc1N)C(=O)OC(C)(C)C. The molecular formula is C14H23BrN4O4S. The molecule has 0 aliphatic carbocycles. The van der Waals surface area contributed by atoms with Crippen molar-refractivity contribution in [3.63, 3.8) is 0 Å². The van der Waals surface area contributed by atoms with E-state index in [0.29, 0.717) is 10.9 Å². The van der Waals surface area contributed by atoms with Gasteiger partial charge < -0.3 is 10.5 Å². The summed E-state index contributed by atoms with van der Waals surface area (Å²) < 4.78 is 30.9. The van der Waals surface area contributed by atoms with E-state index < -0.39 is 27.8 Å². The number of aromatic nitrogens is 1. The minimum Gasteiger partial charge on any atom is -0.443 e. The Balaban J connectivity index is 3.17. The predicted molar refractivity (Wildman–Crippen MR) is 94.5 cm³/mol. The first-order valence-corrected chi connectivity index (χ1v) is 9.60. The second kappa shape index (κ2) is 7.66. The highest BCUT2D eigenvalue weighted by Gasteiger charge is 2.31. The van der Waals surface area contributed by atoms with Crippen LogP contribution in [0.5, 0.6) is 0 Å². The van der Waals surface area contributed by atoms with Gasteiger partial charge in [0, 0.05) is 16.7 Å². The number of ether oxygens (including phenoxy) is 1. The Morgan fingerprint density at radius 1 is 1.50 bits per heavy atom. The molecule has 3 N–H and O–H groups in total. The van der Waals surface area contributed by atoms with Crippen LogP contribution < -0.4 is 10.6 Å². The van der Waals surface area contributed by atoms with Gasteiger partial charge in [0.2, 0.25) is 0 Å². The number of nitrogens with two attached hydrogens (primary N) is 1. The molecule has 1 rings (SSSR count). The maximum Gasteiger partial charge on any atom is 0.425 e. The Kier molecular flexibility index (Phi) is 6.59. The van der Waals surface area contributed by atoms with E-state index in [1.807, 2.05) is 6.92 Å². The van der Waals surface area contributed by atoms with Crippen molar-refractivity contribution in [2.24, 2.45) is 0 Å². The molecule has 0 fully saturated rings. The number of anilines is 1. The van der Waals surface area contributed by atoms with Gasteiger partial charge in [-0.15, -0.1) is 4.83 Å². The lowest BCUT2D eigenvalue weighted by molar-refractivity contribution is 0.0114. The number of pyridine rings is 1. The quantitative estimate of drug-likeness (QED) is 0.704. The van der Waals surface area contributed by atoms with Gasteiger partial charge in [-0.3, -0.25) is 0 Å². The Morgan fingerprint density at radius 2 is 2.08 bits per heavy atom. The first-order valence-electron chi connectivity index (χ1n) is 7.33. The van der Waals surface area contributed by atoms with E-state index in [1.165, 1.54) is 12.3 Å². The van der Waals surface area contributed by atoms with E-state index in [2.05, 4.69) is 25.7 Å². The van der Waals surface area contributed by atoms with Gasteiger partial charge in [0.1, 0.15) is 16.3 Å². The largest absolute Gasteiger partial charge is 0.443 e. The second-order valence-electron chi connectivity index (χ2n) is 6.24. The van der Waals surface area contributed by atoms with Gasteiger partial charge in [-0.25, -0.2) is 23.2 Å². The van der Waals surface area contributed by atoms with Crippen LogP contribution in [0.25, 0.3) is 0 Å². The van der Waals surface area contributed by atoms with Gasteiger partial charge in [-0.1, -0.05) is 6.92 Å². The number of nitrogens with one attached hydrogen (secondary N) is 1. The summed E-state index contributed by atoms with van der Waals surface area (Å²) in [5.41, 5.74) is 4.89. The molecule has 1 atom stereocenters. The van der Waals surface area contributed by atoms with Crippen LogP contribution in [-0.4, -0.2) is 36.1 Å². The lowest BCUT2D eigenvalue weighted by atomic mass is 10.2. The third kappa shape index (κ3) is 5.60. The molecule has 1 unspecified atom stereocenters. The van der Waals surface area contributed by atoms with Gasteiger partial charge >= 0.3 is 6.09 Å². The summed E-state index contributed by atoms with van der Waals surface area (Å²) in [5.74, 6) is -0.168. The Bertz CT molecular complexity index is 703. The van der Waals surface area contributed by atoms with Crippen molar-refractivity contribution >= 4 is 37.9 Å². The highest BCUT2D eigenvalue weighted by molar-refractivity contribution is 9.10. The maximum absolute atomic E-state index is 12.6. The Labute approximate surface area is 150 Å². The van der Waals surface area contributed by atoms with Crippen molar-refractivity contribution in [2.45, 2.75) is 57.6 Å². The second-order valence-corrected chi connectivity index (χ2v) is 8.78. The zero-order valence-electron chi connectivity index (χ0n) is 14.3. The van der Waals surface area contributed by atoms with Crippen LogP contribution >= 0.6 is 15.9 Å². The van der Waals surface area contributed by atoms with E-state index >= 15 is 0 Å². The van der Waals surface area contributed by atoms with Gasteiger partial charge in [0.05, 0.1) is 0 Å². The zero-order chi connectivity index (χ0) is 18.7. The maximum atomic E-state index is 12.6. The molecule has 0 aromatic carbocycles. The molecule has 0 spiro atoms. The van der Waals surface area contributed by atoms with Crippen LogP contribution in [0.4, 0.5) is 10.6 Å². The molecule has 0 aliphatic rings. The highest BCUT2D eigenvalue weighted by Crippen LogP contribution is 2.21. The van der Waals surface area contributed by atoms with Crippen LogP contribution in [0.15, 0.2) is 21.6 Å². The Hall–Kier alpha value is -1.39.